The molecule has 0 fully saturated rings. The van der Waals surface area contributed by atoms with Gasteiger partial charge in [-0.1, -0.05) is 13.8 Å². The Morgan fingerprint density at radius 3 is 2.41 bits per heavy atom. The molecular formula is C16H29N2O8P. The third kappa shape index (κ3) is 8.08. The summed E-state index contributed by atoms with van der Waals surface area (Å²) in [5, 5.41) is 2.71. The minimum absolute atomic E-state index is 0.0343. The normalized spacial score (nSPS) is 23.1. The lowest BCUT2D eigenvalue weighted by Gasteiger charge is -2.38. The molecule has 0 unspecified atom stereocenters. The van der Waals surface area contributed by atoms with Crippen molar-refractivity contribution in [2.24, 2.45) is 0 Å². The van der Waals surface area contributed by atoms with Gasteiger partial charge in [0.15, 0.2) is 0 Å². The molecule has 0 heterocycles. The van der Waals surface area contributed by atoms with Gasteiger partial charge >= 0.3 is 13.8 Å². The molecule has 0 spiro atoms. The lowest BCUT2D eigenvalue weighted by molar-refractivity contribution is -0.139. The van der Waals surface area contributed by atoms with Crippen molar-refractivity contribution >= 4 is 19.7 Å². The Kier molecular flexibility index (Phi) is 9.58. The van der Waals surface area contributed by atoms with Crippen LogP contribution in [0.15, 0.2) is 11.6 Å². The Morgan fingerprint density at radius 1 is 1.30 bits per heavy atom. The molecular weight excluding hydrogens is 379 g/mol. The molecule has 0 saturated heterocycles. The summed E-state index contributed by atoms with van der Waals surface area (Å²) in [7, 11) is -4.81. The minimum atomic E-state index is -4.81. The highest BCUT2D eigenvalue weighted by Crippen LogP contribution is 2.35. The number of ether oxygens (including phenoxy) is 2. The van der Waals surface area contributed by atoms with Crippen molar-refractivity contribution < 1.29 is 38.0 Å². The summed E-state index contributed by atoms with van der Waals surface area (Å²) in [6.45, 7) is 7.08. The average molecular weight is 408 g/mol. The molecule has 0 aliphatic heterocycles. The molecule has 10 nitrogen and oxygen atoms in total. The van der Waals surface area contributed by atoms with Crippen LogP contribution in [0.5, 0.6) is 0 Å². The number of esters is 1. The largest absolute Gasteiger partial charge is 0.486 e. The summed E-state index contributed by atoms with van der Waals surface area (Å²) in [4.78, 5) is 41.8. The number of phosphoric acid groups is 1. The summed E-state index contributed by atoms with van der Waals surface area (Å²) in [5.74, 6) is -0.908. The monoisotopic (exact) mass is 408 g/mol. The topological polar surface area (TPSA) is 143 Å². The maximum atomic E-state index is 12.2. The zero-order chi connectivity index (χ0) is 20.6. The third-order valence-electron chi connectivity index (χ3n) is 4.08. The van der Waals surface area contributed by atoms with Crippen molar-refractivity contribution in [3.8, 4) is 0 Å². The van der Waals surface area contributed by atoms with Gasteiger partial charge < -0.3 is 24.6 Å². The maximum Gasteiger partial charge on any atom is 0.486 e. The summed E-state index contributed by atoms with van der Waals surface area (Å²) < 4.78 is 26.5. The molecule has 156 valence electrons. The van der Waals surface area contributed by atoms with Gasteiger partial charge in [0, 0.05) is 12.5 Å². The molecule has 27 heavy (non-hydrogen) atoms. The van der Waals surface area contributed by atoms with E-state index in [9.17, 15) is 14.2 Å². The number of rotatable bonds is 10. The fraction of sp³-hybridized carbons (Fsp3) is 0.750. The van der Waals surface area contributed by atoms with Gasteiger partial charge in [0.25, 0.3) is 0 Å². The van der Waals surface area contributed by atoms with Crippen molar-refractivity contribution in [2.45, 2.75) is 71.2 Å². The molecule has 1 aliphatic rings. The van der Waals surface area contributed by atoms with Gasteiger partial charge in [-0.05, 0) is 32.3 Å². The van der Waals surface area contributed by atoms with E-state index in [1.54, 1.807) is 13.0 Å². The summed E-state index contributed by atoms with van der Waals surface area (Å²) in [6.07, 6.45) is 2.25. The lowest BCUT2D eigenvalue weighted by atomic mass is 9.88. The highest BCUT2D eigenvalue weighted by atomic mass is 31.2. The number of nitrogens with one attached hydrogen (secondary N) is 2. The molecule has 1 amide bonds. The van der Waals surface area contributed by atoms with Crippen LogP contribution in [0.3, 0.4) is 0 Å². The quantitative estimate of drug-likeness (QED) is 0.236. The van der Waals surface area contributed by atoms with E-state index in [2.05, 4.69) is 15.4 Å². The Bertz CT molecular complexity index is 587. The second kappa shape index (κ2) is 10.9. The van der Waals surface area contributed by atoms with E-state index in [0.29, 0.717) is 0 Å². The zero-order valence-electron chi connectivity index (χ0n) is 16.0. The number of amides is 1. The standard InChI is InChI=1S/C16H29N2O8P/c1-5-12(6-2)25-14-9-11(16(20)24-7-3)8-13(15(14)17-10(4)19)18-26-27(21,22)23/h9,12-15,18H,5-8H2,1-4H3,(H,17,19)(H2,21,22,23)/t13-,14+,15+/m0/s1. The molecule has 1 rings (SSSR count). The molecule has 0 aromatic rings. The van der Waals surface area contributed by atoms with Gasteiger partial charge in [-0.3, -0.25) is 4.79 Å². The van der Waals surface area contributed by atoms with E-state index < -0.39 is 32.0 Å². The van der Waals surface area contributed by atoms with Gasteiger partial charge in [-0.2, -0.15) is 10.1 Å². The Morgan fingerprint density at radius 2 is 1.93 bits per heavy atom. The molecule has 0 bridgehead atoms. The van der Waals surface area contributed by atoms with Crippen LogP contribution in [0.25, 0.3) is 0 Å². The van der Waals surface area contributed by atoms with Crippen LogP contribution >= 0.6 is 7.82 Å². The van der Waals surface area contributed by atoms with Gasteiger partial charge in [-0.25, -0.2) is 9.36 Å². The SMILES string of the molecule is CCOC(=O)C1=C[C@@H](OC(CC)CC)[C@H](NC(C)=O)[C@@H](NOP(=O)(O)O)C1. The molecule has 1 aliphatic carbocycles. The first-order valence-electron chi connectivity index (χ1n) is 8.91. The number of hydrogen-bond donors (Lipinski definition) is 4. The maximum absolute atomic E-state index is 12.2. The van der Waals surface area contributed by atoms with Crippen LogP contribution < -0.4 is 10.8 Å². The van der Waals surface area contributed by atoms with Crippen molar-refractivity contribution in [3.63, 3.8) is 0 Å². The van der Waals surface area contributed by atoms with Crippen molar-refractivity contribution in [3.05, 3.63) is 11.6 Å². The lowest BCUT2D eigenvalue weighted by Crippen LogP contribution is -2.58. The molecule has 0 aromatic heterocycles. The van der Waals surface area contributed by atoms with E-state index in [0.717, 1.165) is 12.8 Å². The molecule has 11 heteroatoms. The second-order valence-corrected chi connectivity index (χ2v) is 7.35. The predicted octanol–water partition coefficient (Wildman–Crippen LogP) is 0.941. The molecule has 0 saturated carbocycles. The number of carbonyl (C=O) groups excluding carboxylic acids is 2. The first kappa shape index (κ1) is 23.7. The second-order valence-electron chi connectivity index (χ2n) is 6.19. The Hall–Kier alpha value is -1.29. The van der Waals surface area contributed by atoms with Gasteiger partial charge in [0.2, 0.25) is 5.91 Å². The highest BCUT2D eigenvalue weighted by Gasteiger charge is 2.39. The summed E-state index contributed by atoms with van der Waals surface area (Å²) >= 11 is 0. The van der Waals surface area contributed by atoms with Crippen LogP contribution in [0, 0.1) is 0 Å². The number of hydrogen-bond acceptors (Lipinski definition) is 7. The fourth-order valence-corrected chi connectivity index (χ4v) is 3.11. The Balaban J connectivity index is 3.17. The molecule has 0 radical (unpaired) electrons. The van der Waals surface area contributed by atoms with Gasteiger partial charge in [-0.15, -0.1) is 0 Å². The van der Waals surface area contributed by atoms with Crippen LogP contribution in [0.4, 0.5) is 0 Å². The van der Waals surface area contributed by atoms with Crippen LogP contribution in [-0.4, -0.2) is 52.6 Å². The zero-order valence-corrected chi connectivity index (χ0v) is 16.9. The molecule has 4 N–H and O–H groups in total. The van der Waals surface area contributed by atoms with Crippen molar-refractivity contribution in [1.82, 2.24) is 10.8 Å². The summed E-state index contributed by atoms with van der Waals surface area (Å²) in [5.41, 5.74) is 2.56. The number of carbonyl (C=O) groups is 2. The highest BCUT2D eigenvalue weighted by molar-refractivity contribution is 7.46. The van der Waals surface area contributed by atoms with E-state index in [1.165, 1.54) is 6.92 Å². The van der Waals surface area contributed by atoms with Crippen molar-refractivity contribution in [2.75, 3.05) is 6.61 Å². The smallest absolute Gasteiger partial charge is 0.463 e. The fourth-order valence-electron chi connectivity index (χ4n) is 2.83. The first-order chi connectivity index (χ1) is 12.6. The van der Waals surface area contributed by atoms with Crippen molar-refractivity contribution in [1.29, 1.82) is 0 Å². The van der Waals surface area contributed by atoms with E-state index >= 15 is 0 Å². The Labute approximate surface area is 158 Å². The first-order valence-corrected chi connectivity index (χ1v) is 10.4. The molecule has 0 aromatic carbocycles. The average Bonchev–Trinajstić information content (AvgIpc) is 2.58. The number of hydroxylamine groups is 1. The minimum Gasteiger partial charge on any atom is -0.463 e. The van der Waals surface area contributed by atoms with Crippen LogP contribution in [-0.2, 0) is 28.3 Å². The molecule has 3 atom stereocenters. The summed E-state index contributed by atoms with van der Waals surface area (Å²) in [6, 6.07) is -1.52. The predicted molar refractivity (Wildman–Crippen MR) is 96.2 cm³/mol. The van der Waals surface area contributed by atoms with E-state index in [-0.39, 0.29) is 30.6 Å². The van der Waals surface area contributed by atoms with Crippen LogP contribution in [0.1, 0.15) is 47.0 Å². The van der Waals surface area contributed by atoms with E-state index in [4.69, 9.17) is 19.3 Å². The van der Waals surface area contributed by atoms with Gasteiger partial charge in [0.1, 0.15) is 0 Å². The third-order valence-corrected chi connectivity index (χ3v) is 4.43. The van der Waals surface area contributed by atoms with Gasteiger partial charge in [0.05, 0.1) is 30.9 Å². The van der Waals surface area contributed by atoms with Crippen LogP contribution in [0.2, 0.25) is 0 Å². The van der Waals surface area contributed by atoms with E-state index in [1.807, 2.05) is 13.8 Å².